The number of nitrogens with one attached hydrogen (secondary N) is 5. The van der Waals surface area contributed by atoms with E-state index in [2.05, 4.69) is 68.7 Å². The summed E-state index contributed by atoms with van der Waals surface area (Å²) in [7, 11) is -15.1. The number of aryl methyl sites for hydroxylation is 1. The summed E-state index contributed by atoms with van der Waals surface area (Å²) in [5, 5.41) is 18.3. The highest BCUT2D eigenvalue weighted by atomic mass is 35.5. The van der Waals surface area contributed by atoms with Crippen molar-refractivity contribution in [2.24, 2.45) is 0 Å². The van der Waals surface area contributed by atoms with E-state index >= 15 is 0 Å². The number of pyridine rings is 1. The SMILES string of the molecule is CC(C)N[C@H]1CCN(c2ccc(S(=O)(=O)Nc3nccs3)cc2)C1=O.C[C@H](C(=O)N1CCN(c2ccc(S(=O)(=O)Nc3ccc(F)cn3)cc2)CC1)N1CCCc2cc(Cl)ccc21.O=C(C(O)c1ccc(F)cc1)N1CCN(c2ccc(S(=O)(=O)Nc3ccncn3)cc2)CC1.O=C1[C@@H](N2CCN(c3ccc(F)cc3)CC2)CCN1c1ccc(S(=O)(=O)Nc2nccs2)cc1.[HH].[HH].[HH].[HH].[HH].[HH].[HH].[HH].[HH]. The lowest BCUT2D eigenvalue weighted by atomic mass is 10.00. The average Bonchev–Trinajstić information content (AvgIpc) is 1.73. The summed E-state index contributed by atoms with van der Waals surface area (Å²) in [5.74, 6) is -1.28. The van der Waals surface area contributed by atoms with Gasteiger partial charge in [-0.1, -0.05) is 37.6 Å². The lowest BCUT2D eigenvalue weighted by Crippen LogP contribution is -2.55. The van der Waals surface area contributed by atoms with Crippen molar-refractivity contribution in [1.82, 2.24) is 44.9 Å². The molecule has 0 bridgehead atoms. The van der Waals surface area contributed by atoms with Crippen LogP contribution in [0, 0.1) is 17.5 Å². The standard InChI is InChI=1S/C27H29ClFN5O3S.C23H24FN5O3S2.C22H22FN5O4S.C16H20N4O3S2.9H2/c1-19(34-12-2-3-20-17-21(28)4-10-25(20)34)27(35)33-15-13-32(14-16-33)23-6-8-24(9-7-23)38(36,37)31-26-11-5-22(29)18-30-26;24-17-1-3-18(4-2-17)27-12-14-28(15-13-27)21-9-11-29(22(21)30)19-5-7-20(8-6-19)34(31,32)26-23-25-10-16-33-23;23-17-3-1-16(2-4-17)21(29)22(30)28-13-11-27(12-14-28)18-5-7-19(8-6-18)33(31,32)26-20-9-10-24-15-25-20;1-11(2)18-14-7-9-20(15(14)21)12-3-5-13(6-4-12)25(22,23)19-16-17-8-10-24-16;;;;;;;;;/h4-11,17-19H,2-3,12-16H2,1H3,(H,30,31);1-8,10,16,21H,9,11-15H2,(H,25,26);1-10,15,21,29H,11-14H2,(H,24,25,26);3-6,8,10-11,14,18H,7,9H2,1-2H3,(H,17,19);9*1H/t19-;21-;;14-;;;;;;;;;/m10.0........./s1. The van der Waals surface area contributed by atoms with Crippen molar-refractivity contribution in [3.63, 3.8) is 0 Å². The molecule has 6 N–H and O–H groups in total. The highest BCUT2D eigenvalue weighted by Crippen LogP contribution is 2.35. The first-order valence-corrected chi connectivity index (χ1v) is 49.8. The number of thiazole rings is 2. The number of halogens is 4. The Balaban J connectivity index is 0.000000323. The third-order valence-electron chi connectivity index (χ3n) is 22.5. The second-order valence-corrected chi connectivity index (χ2v) is 40.3. The summed E-state index contributed by atoms with van der Waals surface area (Å²) >= 11 is 8.59. The summed E-state index contributed by atoms with van der Waals surface area (Å²) in [6, 6.07) is 46.7. The molecule has 32 nitrogen and oxygen atoms in total. The van der Waals surface area contributed by atoms with Crippen LogP contribution < -0.4 is 53.6 Å². The molecule has 5 fully saturated rings. The maximum atomic E-state index is 13.4. The summed E-state index contributed by atoms with van der Waals surface area (Å²) in [6.07, 6.45) is 8.78. The number of aromatic nitrogens is 5. The number of hydrogen-bond donors (Lipinski definition) is 6. The molecular weight excluding hydrogens is 1820 g/mol. The number of sulfonamides is 4. The van der Waals surface area contributed by atoms with Crippen LogP contribution in [0.25, 0.3) is 0 Å². The molecule has 4 amide bonds. The fourth-order valence-electron chi connectivity index (χ4n) is 15.8. The molecule has 0 spiro atoms. The maximum Gasteiger partial charge on any atom is 0.263 e. The van der Waals surface area contributed by atoms with Crippen LogP contribution in [-0.2, 0) is 65.7 Å². The van der Waals surface area contributed by atoms with Crippen LogP contribution in [0.5, 0.6) is 0 Å². The molecular formula is C88H113ClF3N19O13S6. The Labute approximate surface area is 778 Å². The molecule has 1 unspecified atom stereocenters. The summed E-state index contributed by atoms with van der Waals surface area (Å²) in [6.45, 7) is 15.4. The highest BCUT2D eigenvalue weighted by Gasteiger charge is 2.40. The number of benzene rings is 7. The van der Waals surface area contributed by atoms with E-state index in [0.29, 0.717) is 97.7 Å². The van der Waals surface area contributed by atoms with Crippen LogP contribution in [0.3, 0.4) is 0 Å². The first kappa shape index (κ1) is 94.2. The smallest absolute Gasteiger partial charge is 0.263 e. The largest absolute Gasteiger partial charge is 0.378 e. The van der Waals surface area contributed by atoms with Gasteiger partial charge in [-0.25, -0.2) is 71.8 Å². The zero-order chi connectivity index (χ0) is 92.0. The molecule has 0 aliphatic carbocycles. The van der Waals surface area contributed by atoms with Crippen LogP contribution in [0.1, 0.15) is 70.1 Å². The lowest BCUT2D eigenvalue weighted by Gasteiger charge is -2.41. The van der Waals surface area contributed by atoms with Crippen molar-refractivity contribution < 1.29 is 84.0 Å². The molecule has 4 atom stereocenters. The Morgan fingerprint density at radius 2 is 0.908 bits per heavy atom. The lowest BCUT2D eigenvalue weighted by molar-refractivity contribution is -0.140. The number of anilines is 10. The quantitative estimate of drug-likeness (QED) is 0.0327. The Hall–Kier alpha value is -11.9. The molecule has 4 aromatic heterocycles. The molecule has 130 heavy (non-hydrogen) atoms. The molecule has 6 aliphatic rings. The monoisotopic (exact) mass is 1930 g/mol. The number of rotatable bonds is 24. The third kappa shape index (κ3) is 23.6. The number of aliphatic hydroxyl groups excluding tert-OH is 1. The van der Waals surface area contributed by atoms with Crippen molar-refractivity contribution in [2.75, 3.05) is 146 Å². The van der Waals surface area contributed by atoms with Gasteiger partial charge in [-0.2, -0.15) is 0 Å². The normalized spacial score (nSPS) is 17.3. The van der Waals surface area contributed by atoms with E-state index in [1.807, 2.05) is 48.8 Å². The van der Waals surface area contributed by atoms with E-state index in [0.717, 1.165) is 93.4 Å². The Bertz CT molecular complexity index is 6240. The second kappa shape index (κ2) is 41.9. The number of nitrogens with zero attached hydrogens (tertiary/aromatic N) is 14. The molecule has 6 aliphatic heterocycles. The second-order valence-electron chi connectivity index (χ2n) is 31.3. The van der Waals surface area contributed by atoms with Gasteiger partial charge in [0, 0.05) is 186 Å². The van der Waals surface area contributed by atoms with Gasteiger partial charge in [-0.05, 0) is 214 Å². The van der Waals surface area contributed by atoms with Gasteiger partial charge < -0.3 is 49.6 Å². The topological polar surface area (TPSA) is 379 Å². The van der Waals surface area contributed by atoms with E-state index in [-0.39, 0.29) is 91.8 Å². The molecule has 7 aromatic carbocycles. The number of carbonyl (C=O) groups is 4. The van der Waals surface area contributed by atoms with Gasteiger partial charge in [0.25, 0.3) is 46.0 Å². The number of amides is 4. The van der Waals surface area contributed by atoms with Gasteiger partial charge in [0.1, 0.15) is 41.5 Å². The van der Waals surface area contributed by atoms with Gasteiger partial charge >= 0.3 is 0 Å². The van der Waals surface area contributed by atoms with Gasteiger partial charge in [0.15, 0.2) is 16.4 Å². The van der Waals surface area contributed by atoms with Gasteiger partial charge in [-0.3, -0.25) is 43.0 Å². The summed E-state index contributed by atoms with van der Waals surface area (Å²) in [5.41, 5.74) is 6.68. The Kier molecular flexibility index (Phi) is 30.3. The molecule has 42 heteroatoms. The van der Waals surface area contributed by atoms with E-state index in [1.54, 1.807) is 86.1 Å². The summed E-state index contributed by atoms with van der Waals surface area (Å²) in [4.78, 5) is 88.9. The fourth-order valence-corrected chi connectivity index (χ4v) is 21.6. The predicted molar refractivity (Wildman–Crippen MR) is 514 cm³/mol. The molecule has 702 valence electrons. The van der Waals surface area contributed by atoms with Crippen LogP contribution in [0.2, 0.25) is 5.02 Å². The number of hydrogen-bond acceptors (Lipinski definition) is 26. The van der Waals surface area contributed by atoms with Crippen LogP contribution in [0.4, 0.5) is 69.2 Å². The zero-order valence-electron chi connectivity index (χ0n) is 70.8. The first-order valence-electron chi connectivity index (χ1n) is 41.7. The zero-order valence-corrected chi connectivity index (χ0v) is 76.4. The minimum absolute atomic E-state index is 0. The van der Waals surface area contributed by atoms with Crippen LogP contribution in [0.15, 0.2) is 243 Å². The highest BCUT2D eigenvalue weighted by molar-refractivity contribution is 7.93. The van der Waals surface area contributed by atoms with Crippen molar-refractivity contribution in [3.05, 3.63) is 257 Å². The predicted octanol–water partition coefficient (Wildman–Crippen LogP) is 13.2. The van der Waals surface area contributed by atoms with Crippen molar-refractivity contribution in [3.8, 4) is 0 Å². The van der Waals surface area contributed by atoms with Gasteiger partial charge in [-0.15, -0.1) is 22.7 Å². The maximum absolute atomic E-state index is 13.4. The Morgan fingerprint density at radius 3 is 1.37 bits per heavy atom. The van der Waals surface area contributed by atoms with E-state index in [4.69, 9.17) is 11.6 Å². The average molecular weight is 1930 g/mol. The number of piperazine rings is 3. The molecule has 5 saturated heterocycles. The molecule has 11 aromatic rings. The van der Waals surface area contributed by atoms with Gasteiger partial charge in [0.2, 0.25) is 17.7 Å². The van der Waals surface area contributed by atoms with Crippen LogP contribution in [-0.4, -0.2) is 224 Å². The van der Waals surface area contributed by atoms with Crippen LogP contribution >= 0.6 is 34.3 Å². The van der Waals surface area contributed by atoms with Crippen molar-refractivity contribution in [1.29, 1.82) is 0 Å². The van der Waals surface area contributed by atoms with E-state index in [9.17, 15) is 71.1 Å². The van der Waals surface area contributed by atoms with E-state index in [1.165, 1.54) is 150 Å². The molecule has 17 rings (SSSR count). The van der Waals surface area contributed by atoms with Crippen molar-refractivity contribution in [2.45, 2.75) is 96.3 Å². The number of fused-ring (bicyclic) bond motifs is 1. The van der Waals surface area contributed by atoms with E-state index < -0.39 is 63.7 Å². The minimum Gasteiger partial charge on any atom is -0.378 e. The number of carbonyl (C=O) groups excluding carboxylic acids is 4. The summed E-state index contributed by atoms with van der Waals surface area (Å²) < 4.78 is 149. The Morgan fingerprint density at radius 1 is 0.469 bits per heavy atom. The van der Waals surface area contributed by atoms with Gasteiger partial charge in [0.05, 0.1) is 37.9 Å². The minimum atomic E-state index is -3.86. The first-order chi connectivity index (χ1) is 62.3. The molecule has 0 radical (unpaired) electrons. The molecule has 10 heterocycles. The third-order valence-corrected chi connectivity index (χ3v) is 29.8. The van der Waals surface area contributed by atoms with Crippen molar-refractivity contribution >= 4 is 154 Å². The fraction of sp³-hybridized carbons (Fsp3) is 0.307. The molecule has 0 saturated carbocycles. The number of aliphatic hydroxyl groups is 1.